The molecule has 2 unspecified atom stereocenters. The fraction of sp³-hybridized carbons (Fsp3) is 0.467. The van der Waals surface area contributed by atoms with Crippen LogP contribution in [0.25, 0.3) is 0 Å². The number of morpholine rings is 1. The van der Waals surface area contributed by atoms with E-state index >= 15 is 0 Å². The van der Waals surface area contributed by atoms with E-state index in [0.717, 1.165) is 5.56 Å². The maximum Gasteiger partial charge on any atom is 0.250 e. The van der Waals surface area contributed by atoms with Crippen LogP contribution in [0, 0.1) is 0 Å². The second kappa shape index (κ2) is 7.35. The SMILES string of the molecule is COCC(=O)Nc1ccc(C2OCC(=O)N(C)C2CO)cc1. The van der Waals surface area contributed by atoms with E-state index < -0.39 is 12.1 Å². The van der Waals surface area contributed by atoms with Gasteiger partial charge in [0.2, 0.25) is 11.8 Å². The highest BCUT2D eigenvalue weighted by molar-refractivity contribution is 5.91. The van der Waals surface area contributed by atoms with E-state index in [2.05, 4.69) is 5.32 Å². The van der Waals surface area contributed by atoms with Gasteiger partial charge in [0.15, 0.2) is 0 Å². The summed E-state index contributed by atoms with van der Waals surface area (Å²) in [6.07, 6.45) is -0.392. The highest BCUT2D eigenvalue weighted by Crippen LogP contribution is 2.28. The van der Waals surface area contributed by atoms with Crippen molar-refractivity contribution in [3.63, 3.8) is 0 Å². The summed E-state index contributed by atoms with van der Waals surface area (Å²) >= 11 is 0. The molecule has 0 saturated carbocycles. The van der Waals surface area contributed by atoms with E-state index in [1.54, 1.807) is 31.3 Å². The van der Waals surface area contributed by atoms with Crippen molar-refractivity contribution >= 4 is 17.5 Å². The number of methoxy groups -OCH3 is 1. The van der Waals surface area contributed by atoms with Crippen molar-refractivity contribution in [1.82, 2.24) is 4.90 Å². The minimum atomic E-state index is -0.421. The largest absolute Gasteiger partial charge is 0.394 e. The predicted molar refractivity (Wildman–Crippen MR) is 79.3 cm³/mol. The Bertz CT molecular complexity index is 531. The van der Waals surface area contributed by atoms with E-state index in [0.29, 0.717) is 5.69 Å². The lowest BCUT2D eigenvalue weighted by Crippen LogP contribution is -2.50. The van der Waals surface area contributed by atoms with Gasteiger partial charge in [-0.1, -0.05) is 12.1 Å². The molecule has 1 fully saturated rings. The summed E-state index contributed by atoms with van der Waals surface area (Å²) in [5.74, 6) is -0.388. The van der Waals surface area contributed by atoms with E-state index in [-0.39, 0.29) is 31.6 Å². The van der Waals surface area contributed by atoms with Gasteiger partial charge in [0.25, 0.3) is 0 Å². The number of ether oxygens (including phenoxy) is 2. The average Bonchev–Trinajstić information content (AvgIpc) is 2.51. The van der Waals surface area contributed by atoms with Gasteiger partial charge in [-0.3, -0.25) is 9.59 Å². The quantitative estimate of drug-likeness (QED) is 0.809. The molecule has 1 heterocycles. The second-order valence-corrected chi connectivity index (χ2v) is 5.09. The van der Waals surface area contributed by atoms with Crippen molar-refractivity contribution in [2.24, 2.45) is 0 Å². The van der Waals surface area contributed by atoms with Crippen LogP contribution in [0.4, 0.5) is 5.69 Å². The summed E-state index contributed by atoms with van der Waals surface area (Å²) in [6.45, 7) is -0.198. The Balaban J connectivity index is 2.09. The van der Waals surface area contributed by atoms with Gasteiger partial charge >= 0.3 is 0 Å². The third-order valence-electron chi connectivity index (χ3n) is 3.61. The van der Waals surface area contributed by atoms with Gasteiger partial charge in [0, 0.05) is 19.8 Å². The maximum absolute atomic E-state index is 11.6. The number of hydrogen-bond acceptors (Lipinski definition) is 5. The first-order valence-electron chi connectivity index (χ1n) is 6.93. The molecule has 0 aliphatic carbocycles. The van der Waals surface area contributed by atoms with Crippen LogP contribution in [0.3, 0.4) is 0 Å². The smallest absolute Gasteiger partial charge is 0.250 e. The molecule has 1 aliphatic heterocycles. The van der Waals surface area contributed by atoms with E-state index in [1.807, 2.05) is 0 Å². The second-order valence-electron chi connectivity index (χ2n) is 5.09. The highest BCUT2D eigenvalue weighted by atomic mass is 16.5. The third kappa shape index (κ3) is 3.62. The number of hydrogen-bond donors (Lipinski definition) is 2. The molecule has 1 aliphatic rings. The lowest BCUT2D eigenvalue weighted by atomic mass is 9.99. The number of benzene rings is 1. The molecule has 1 aromatic carbocycles. The van der Waals surface area contributed by atoms with E-state index in [1.165, 1.54) is 12.0 Å². The number of carbonyl (C=O) groups excluding carboxylic acids is 2. The Morgan fingerprint density at radius 3 is 2.73 bits per heavy atom. The number of likely N-dealkylation sites (N-methyl/N-ethyl adjacent to an activating group) is 1. The molecule has 7 nitrogen and oxygen atoms in total. The standard InChI is InChI=1S/C15H20N2O5/c1-17-12(7-18)15(22-9-14(17)20)10-3-5-11(6-4-10)16-13(19)8-21-2/h3-6,12,15,18H,7-9H2,1-2H3,(H,16,19). The highest BCUT2D eigenvalue weighted by Gasteiger charge is 2.34. The normalized spacial score (nSPS) is 21.8. The number of aliphatic hydroxyl groups is 1. The molecule has 0 bridgehead atoms. The number of amides is 2. The summed E-state index contributed by atoms with van der Waals surface area (Å²) in [7, 11) is 3.11. The molecule has 2 amide bonds. The van der Waals surface area contributed by atoms with Crippen molar-refractivity contribution in [3.05, 3.63) is 29.8 Å². The fourth-order valence-corrected chi connectivity index (χ4v) is 2.38. The molecule has 1 saturated heterocycles. The molecular weight excluding hydrogens is 288 g/mol. The van der Waals surface area contributed by atoms with Crippen LogP contribution in [-0.4, -0.2) is 61.8 Å². The first-order valence-corrected chi connectivity index (χ1v) is 6.93. The molecule has 0 aromatic heterocycles. The number of nitrogens with zero attached hydrogens (tertiary/aromatic N) is 1. The zero-order valence-corrected chi connectivity index (χ0v) is 12.6. The first-order chi connectivity index (χ1) is 10.6. The first kappa shape index (κ1) is 16.4. The Labute approximate surface area is 128 Å². The minimum Gasteiger partial charge on any atom is -0.394 e. The summed E-state index contributed by atoms with van der Waals surface area (Å²) in [6, 6.07) is 6.68. The lowest BCUT2D eigenvalue weighted by molar-refractivity contribution is -0.157. The lowest BCUT2D eigenvalue weighted by Gasteiger charge is -2.38. The molecule has 0 radical (unpaired) electrons. The summed E-state index contributed by atoms with van der Waals surface area (Å²) < 4.78 is 10.3. The molecule has 120 valence electrons. The van der Waals surface area contributed by atoms with Crippen LogP contribution in [0.1, 0.15) is 11.7 Å². The molecular formula is C15H20N2O5. The van der Waals surface area contributed by atoms with Gasteiger partial charge in [-0.25, -0.2) is 0 Å². The Hall–Kier alpha value is -1.96. The monoisotopic (exact) mass is 308 g/mol. The Kier molecular flexibility index (Phi) is 5.48. The Morgan fingerprint density at radius 2 is 2.14 bits per heavy atom. The molecule has 0 spiro atoms. The zero-order valence-electron chi connectivity index (χ0n) is 12.6. The van der Waals surface area contributed by atoms with Gasteiger partial charge in [-0.05, 0) is 17.7 Å². The van der Waals surface area contributed by atoms with Gasteiger partial charge in [-0.15, -0.1) is 0 Å². The Morgan fingerprint density at radius 1 is 1.45 bits per heavy atom. The van der Waals surface area contributed by atoms with Crippen LogP contribution in [0.2, 0.25) is 0 Å². The predicted octanol–water partition coefficient (Wildman–Crippen LogP) is 0.162. The van der Waals surface area contributed by atoms with Gasteiger partial charge in [0.05, 0.1) is 12.6 Å². The van der Waals surface area contributed by atoms with Crippen LogP contribution in [0.5, 0.6) is 0 Å². The van der Waals surface area contributed by atoms with E-state index in [9.17, 15) is 14.7 Å². The molecule has 2 N–H and O–H groups in total. The summed E-state index contributed by atoms with van der Waals surface area (Å²) in [5, 5.41) is 12.2. The topological polar surface area (TPSA) is 88.1 Å². The molecule has 7 heteroatoms. The molecule has 2 atom stereocenters. The van der Waals surface area contributed by atoms with Gasteiger partial charge in [-0.2, -0.15) is 0 Å². The van der Waals surface area contributed by atoms with Crippen LogP contribution < -0.4 is 5.32 Å². The number of aliphatic hydroxyl groups excluding tert-OH is 1. The van der Waals surface area contributed by atoms with Crippen molar-refractivity contribution in [2.75, 3.05) is 39.3 Å². The number of carbonyl (C=O) groups is 2. The molecule has 22 heavy (non-hydrogen) atoms. The van der Waals surface area contributed by atoms with Crippen molar-refractivity contribution < 1.29 is 24.2 Å². The van der Waals surface area contributed by atoms with Crippen LogP contribution >= 0.6 is 0 Å². The molecule has 1 aromatic rings. The van der Waals surface area contributed by atoms with Crippen LogP contribution in [-0.2, 0) is 19.1 Å². The van der Waals surface area contributed by atoms with Crippen LogP contribution in [0.15, 0.2) is 24.3 Å². The van der Waals surface area contributed by atoms with Crippen molar-refractivity contribution in [1.29, 1.82) is 0 Å². The van der Waals surface area contributed by atoms with Gasteiger partial charge in [0.1, 0.15) is 19.3 Å². The average molecular weight is 308 g/mol. The number of nitrogens with one attached hydrogen (secondary N) is 1. The summed E-state index contributed by atoms with van der Waals surface area (Å²) in [4.78, 5) is 24.5. The number of rotatable bonds is 5. The van der Waals surface area contributed by atoms with Crippen molar-refractivity contribution in [3.8, 4) is 0 Å². The maximum atomic E-state index is 11.6. The third-order valence-corrected chi connectivity index (χ3v) is 3.61. The number of anilines is 1. The minimum absolute atomic E-state index is 0.00696. The van der Waals surface area contributed by atoms with Gasteiger partial charge < -0.3 is 24.8 Å². The summed E-state index contributed by atoms with van der Waals surface area (Å²) in [5.41, 5.74) is 1.48. The zero-order chi connectivity index (χ0) is 16.1. The van der Waals surface area contributed by atoms with Crippen molar-refractivity contribution in [2.45, 2.75) is 12.1 Å². The fourth-order valence-electron chi connectivity index (χ4n) is 2.38. The molecule has 2 rings (SSSR count). The van der Waals surface area contributed by atoms with E-state index in [4.69, 9.17) is 9.47 Å².